The third-order valence-corrected chi connectivity index (χ3v) is 4.32. The molecular formula is C17H21NO3. The van der Waals surface area contributed by atoms with Gasteiger partial charge in [-0.15, -0.1) is 0 Å². The Kier molecular flexibility index (Phi) is 3.99. The molecule has 112 valence electrons. The molecule has 1 aromatic carbocycles. The van der Waals surface area contributed by atoms with Crippen LogP contribution in [0.25, 0.3) is 0 Å². The SMILES string of the molecule is Cc1cc(C)c(C(=O)CN2C(=O)C(C)C(C)C2=O)c(C)c1. The van der Waals surface area contributed by atoms with Gasteiger partial charge in [0.25, 0.3) is 0 Å². The summed E-state index contributed by atoms with van der Waals surface area (Å²) in [5.74, 6) is -1.35. The largest absolute Gasteiger partial charge is 0.292 e. The van der Waals surface area contributed by atoms with Gasteiger partial charge in [-0.2, -0.15) is 0 Å². The molecule has 0 aromatic heterocycles. The van der Waals surface area contributed by atoms with Crippen LogP contribution in [0.3, 0.4) is 0 Å². The minimum Gasteiger partial charge on any atom is -0.292 e. The molecule has 0 saturated carbocycles. The minimum absolute atomic E-state index is 0.156. The van der Waals surface area contributed by atoms with Crippen LogP contribution in [0.2, 0.25) is 0 Å². The van der Waals surface area contributed by atoms with Crippen molar-refractivity contribution in [1.82, 2.24) is 4.90 Å². The van der Waals surface area contributed by atoms with E-state index in [0.29, 0.717) is 5.56 Å². The molecule has 1 aromatic rings. The van der Waals surface area contributed by atoms with E-state index in [-0.39, 0.29) is 36.0 Å². The first kappa shape index (κ1) is 15.4. The summed E-state index contributed by atoms with van der Waals surface area (Å²) >= 11 is 0. The van der Waals surface area contributed by atoms with Crippen LogP contribution in [-0.4, -0.2) is 29.0 Å². The molecule has 1 saturated heterocycles. The maximum Gasteiger partial charge on any atom is 0.233 e. The van der Waals surface area contributed by atoms with Crippen molar-refractivity contribution in [2.45, 2.75) is 34.6 Å². The number of hydrogen-bond donors (Lipinski definition) is 0. The van der Waals surface area contributed by atoms with E-state index in [0.717, 1.165) is 21.6 Å². The van der Waals surface area contributed by atoms with E-state index in [1.807, 2.05) is 32.9 Å². The van der Waals surface area contributed by atoms with Crippen molar-refractivity contribution in [3.63, 3.8) is 0 Å². The van der Waals surface area contributed by atoms with Crippen molar-refractivity contribution in [3.05, 3.63) is 34.4 Å². The first-order valence-corrected chi connectivity index (χ1v) is 7.20. The van der Waals surface area contributed by atoms with Gasteiger partial charge in [-0.1, -0.05) is 31.5 Å². The number of hydrogen-bond acceptors (Lipinski definition) is 3. The molecule has 21 heavy (non-hydrogen) atoms. The predicted molar refractivity (Wildman–Crippen MR) is 80.0 cm³/mol. The quantitative estimate of drug-likeness (QED) is 0.634. The fourth-order valence-corrected chi connectivity index (χ4v) is 3.03. The van der Waals surface area contributed by atoms with Gasteiger partial charge in [0.2, 0.25) is 11.8 Å². The summed E-state index contributed by atoms with van der Waals surface area (Å²) in [5.41, 5.74) is 3.49. The number of aryl methyl sites for hydroxylation is 3. The highest BCUT2D eigenvalue weighted by Crippen LogP contribution is 2.26. The molecule has 2 unspecified atom stereocenters. The van der Waals surface area contributed by atoms with E-state index in [1.54, 1.807) is 13.8 Å². The second kappa shape index (κ2) is 5.43. The molecule has 1 fully saturated rings. The maximum atomic E-state index is 12.5. The van der Waals surface area contributed by atoms with Gasteiger partial charge in [0.1, 0.15) is 0 Å². The van der Waals surface area contributed by atoms with E-state index >= 15 is 0 Å². The van der Waals surface area contributed by atoms with Crippen molar-refractivity contribution >= 4 is 17.6 Å². The third-order valence-electron chi connectivity index (χ3n) is 4.32. The third kappa shape index (κ3) is 2.62. The normalized spacial score (nSPS) is 22.0. The predicted octanol–water partition coefficient (Wildman–Crippen LogP) is 2.44. The number of carbonyl (C=O) groups excluding carboxylic acids is 3. The molecule has 4 heteroatoms. The highest BCUT2D eigenvalue weighted by Gasteiger charge is 2.43. The summed E-state index contributed by atoms with van der Waals surface area (Å²) < 4.78 is 0. The van der Waals surface area contributed by atoms with Crippen LogP contribution in [0.5, 0.6) is 0 Å². The lowest BCUT2D eigenvalue weighted by Crippen LogP contribution is -2.36. The molecule has 4 nitrogen and oxygen atoms in total. The van der Waals surface area contributed by atoms with Gasteiger partial charge < -0.3 is 0 Å². The van der Waals surface area contributed by atoms with Crippen LogP contribution in [-0.2, 0) is 9.59 Å². The zero-order valence-electron chi connectivity index (χ0n) is 13.2. The molecule has 1 aliphatic rings. The van der Waals surface area contributed by atoms with E-state index in [9.17, 15) is 14.4 Å². The fraction of sp³-hybridized carbons (Fsp3) is 0.471. The number of nitrogens with zero attached hydrogens (tertiary/aromatic N) is 1. The Labute approximate surface area is 125 Å². The minimum atomic E-state index is -0.342. The number of benzene rings is 1. The molecule has 2 amide bonds. The summed E-state index contributed by atoms with van der Waals surface area (Å²) in [6.45, 7) is 9.05. The summed E-state index contributed by atoms with van der Waals surface area (Å²) in [6, 6.07) is 3.89. The average Bonchev–Trinajstić information content (AvgIpc) is 2.55. The van der Waals surface area contributed by atoms with Crippen LogP contribution >= 0.6 is 0 Å². The Morgan fingerprint density at radius 1 is 1.00 bits per heavy atom. The van der Waals surface area contributed by atoms with E-state index < -0.39 is 0 Å². The highest BCUT2D eigenvalue weighted by molar-refractivity contribution is 6.10. The standard InChI is InChI=1S/C17H21NO3/c1-9-6-10(2)15(11(3)7-9)14(19)8-18-16(20)12(4)13(5)17(18)21/h6-7,12-13H,8H2,1-5H3. The lowest BCUT2D eigenvalue weighted by molar-refractivity contribution is -0.139. The summed E-state index contributed by atoms with van der Waals surface area (Å²) in [5, 5.41) is 0. The lowest BCUT2D eigenvalue weighted by Gasteiger charge is -2.16. The number of amides is 2. The number of ketones is 1. The monoisotopic (exact) mass is 287 g/mol. The van der Waals surface area contributed by atoms with Gasteiger partial charge in [-0.05, 0) is 31.9 Å². The second-order valence-electron chi connectivity index (χ2n) is 6.04. The molecule has 2 atom stereocenters. The maximum absolute atomic E-state index is 12.5. The molecule has 0 bridgehead atoms. The molecular weight excluding hydrogens is 266 g/mol. The molecule has 0 aliphatic carbocycles. The Morgan fingerprint density at radius 2 is 1.43 bits per heavy atom. The first-order valence-electron chi connectivity index (χ1n) is 7.20. The molecule has 0 spiro atoms. The zero-order chi connectivity index (χ0) is 15.9. The summed E-state index contributed by atoms with van der Waals surface area (Å²) in [7, 11) is 0. The highest BCUT2D eigenvalue weighted by atomic mass is 16.2. The molecule has 1 heterocycles. The van der Waals surface area contributed by atoms with Gasteiger partial charge in [-0.25, -0.2) is 0 Å². The number of likely N-dealkylation sites (tertiary alicyclic amines) is 1. The Hall–Kier alpha value is -1.97. The van der Waals surface area contributed by atoms with Crippen LogP contribution in [0.15, 0.2) is 12.1 Å². The number of imide groups is 1. The lowest BCUT2D eigenvalue weighted by atomic mass is 9.96. The van der Waals surface area contributed by atoms with E-state index in [4.69, 9.17) is 0 Å². The van der Waals surface area contributed by atoms with E-state index in [1.165, 1.54) is 0 Å². The van der Waals surface area contributed by atoms with Crippen LogP contribution in [0.1, 0.15) is 40.9 Å². The molecule has 0 N–H and O–H groups in total. The van der Waals surface area contributed by atoms with Gasteiger partial charge >= 0.3 is 0 Å². The van der Waals surface area contributed by atoms with Gasteiger partial charge in [0.05, 0.1) is 6.54 Å². The van der Waals surface area contributed by atoms with Crippen molar-refractivity contribution in [2.24, 2.45) is 11.8 Å². The van der Waals surface area contributed by atoms with Gasteiger partial charge in [-0.3, -0.25) is 19.3 Å². The fourth-order valence-electron chi connectivity index (χ4n) is 3.03. The summed E-state index contributed by atoms with van der Waals surface area (Å²) in [6.07, 6.45) is 0. The topological polar surface area (TPSA) is 54.5 Å². The first-order chi connectivity index (χ1) is 9.73. The summed E-state index contributed by atoms with van der Waals surface area (Å²) in [4.78, 5) is 37.8. The van der Waals surface area contributed by atoms with Crippen LogP contribution in [0, 0.1) is 32.6 Å². The van der Waals surface area contributed by atoms with Gasteiger partial charge in [0, 0.05) is 17.4 Å². The van der Waals surface area contributed by atoms with Crippen LogP contribution < -0.4 is 0 Å². The number of carbonyl (C=O) groups is 3. The Morgan fingerprint density at radius 3 is 1.86 bits per heavy atom. The van der Waals surface area contributed by atoms with Crippen molar-refractivity contribution in [2.75, 3.05) is 6.54 Å². The smallest absolute Gasteiger partial charge is 0.233 e. The Bertz CT molecular complexity index is 590. The number of Topliss-reactive ketones (excluding diaryl/α,β-unsaturated/α-hetero) is 1. The van der Waals surface area contributed by atoms with Gasteiger partial charge in [0.15, 0.2) is 5.78 Å². The van der Waals surface area contributed by atoms with Crippen molar-refractivity contribution in [1.29, 1.82) is 0 Å². The average molecular weight is 287 g/mol. The van der Waals surface area contributed by atoms with Crippen molar-refractivity contribution < 1.29 is 14.4 Å². The van der Waals surface area contributed by atoms with Crippen LogP contribution in [0.4, 0.5) is 0 Å². The Balaban J connectivity index is 2.28. The zero-order valence-corrected chi connectivity index (χ0v) is 13.2. The van der Waals surface area contributed by atoms with Crippen molar-refractivity contribution in [3.8, 4) is 0 Å². The molecule has 1 aliphatic heterocycles. The number of rotatable bonds is 3. The second-order valence-corrected chi connectivity index (χ2v) is 6.04. The molecule has 2 rings (SSSR count). The molecule has 0 radical (unpaired) electrons. The van der Waals surface area contributed by atoms with E-state index in [2.05, 4.69) is 0 Å².